The Bertz CT molecular complexity index is 457. The van der Waals surface area contributed by atoms with E-state index in [0.29, 0.717) is 24.6 Å². The monoisotopic (exact) mass is 295 g/mol. The second-order valence-electron chi connectivity index (χ2n) is 5.39. The van der Waals surface area contributed by atoms with Gasteiger partial charge in [-0.3, -0.25) is 4.79 Å². The zero-order valence-corrected chi connectivity index (χ0v) is 12.3. The van der Waals surface area contributed by atoms with Gasteiger partial charge in [0.1, 0.15) is 5.82 Å². The van der Waals surface area contributed by atoms with Crippen molar-refractivity contribution < 1.29 is 19.0 Å². The van der Waals surface area contributed by atoms with Crippen LogP contribution < -0.4 is 0 Å². The Labute approximate surface area is 124 Å². The molecule has 0 aliphatic carbocycles. The number of rotatable bonds is 5. The first-order chi connectivity index (χ1) is 10.1. The van der Waals surface area contributed by atoms with Crippen molar-refractivity contribution in [1.82, 2.24) is 4.90 Å². The molecule has 1 atom stereocenters. The minimum absolute atomic E-state index is 0.324. The highest BCUT2D eigenvalue weighted by atomic mass is 19.1. The van der Waals surface area contributed by atoms with Crippen molar-refractivity contribution in [3.8, 4) is 0 Å². The van der Waals surface area contributed by atoms with Crippen LogP contribution in [-0.4, -0.2) is 42.2 Å². The fraction of sp³-hybridized carbons (Fsp3) is 0.562. The maximum atomic E-state index is 12.9. The quantitative estimate of drug-likeness (QED) is 0.905. The lowest BCUT2D eigenvalue weighted by Gasteiger charge is -2.30. The van der Waals surface area contributed by atoms with Crippen LogP contribution in [0.4, 0.5) is 4.39 Å². The van der Waals surface area contributed by atoms with Crippen LogP contribution in [-0.2, 0) is 9.53 Å². The van der Waals surface area contributed by atoms with Gasteiger partial charge in [0.05, 0.1) is 0 Å². The Morgan fingerprint density at radius 3 is 2.57 bits per heavy atom. The van der Waals surface area contributed by atoms with Gasteiger partial charge in [-0.05, 0) is 43.4 Å². The Morgan fingerprint density at radius 2 is 2.00 bits per heavy atom. The summed E-state index contributed by atoms with van der Waals surface area (Å²) >= 11 is 0. The van der Waals surface area contributed by atoms with Gasteiger partial charge in [0, 0.05) is 26.3 Å². The summed E-state index contributed by atoms with van der Waals surface area (Å²) in [5, 5.41) is 10.2. The van der Waals surface area contributed by atoms with Crippen molar-refractivity contribution in [3.05, 3.63) is 35.6 Å². The molecule has 1 aromatic rings. The van der Waals surface area contributed by atoms with Gasteiger partial charge < -0.3 is 14.7 Å². The van der Waals surface area contributed by atoms with E-state index in [0.717, 1.165) is 26.1 Å². The highest BCUT2D eigenvalue weighted by Crippen LogP contribution is 2.20. The van der Waals surface area contributed by atoms with Gasteiger partial charge in [-0.25, -0.2) is 4.39 Å². The van der Waals surface area contributed by atoms with Crippen LogP contribution in [0.5, 0.6) is 0 Å². The van der Waals surface area contributed by atoms with Crippen molar-refractivity contribution >= 4 is 5.91 Å². The first kappa shape index (κ1) is 15.9. The van der Waals surface area contributed by atoms with Gasteiger partial charge in [0.2, 0.25) is 0 Å². The zero-order valence-electron chi connectivity index (χ0n) is 12.3. The molecule has 1 heterocycles. The molecule has 4 nitrogen and oxygen atoms in total. The maximum Gasteiger partial charge on any atom is 0.256 e. The fourth-order valence-electron chi connectivity index (χ4n) is 2.58. The molecule has 1 fully saturated rings. The van der Waals surface area contributed by atoms with Gasteiger partial charge in [-0.15, -0.1) is 0 Å². The van der Waals surface area contributed by atoms with E-state index < -0.39 is 6.10 Å². The first-order valence-corrected chi connectivity index (χ1v) is 7.42. The summed E-state index contributed by atoms with van der Waals surface area (Å²) in [7, 11) is 0. The van der Waals surface area contributed by atoms with E-state index in [-0.39, 0.29) is 11.7 Å². The third-order valence-electron chi connectivity index (χ3n) is 3.93. The number of carbonyl (C=O) groups excluding carboxylic acids is 1. The number of benzene rings is 1. The number of aliphatic hydroxyl groups excluding tert-OH is 1. The summed E-state index contributed by atoms with van der Waals surface area (Å²) in [6, 6.07) is 5.39. The van der Waals surface area contributed by atoms with E-state index in [9.17, 15) is 14.3 Å². The number of hydrogen-bond donors (Lipinski definition) is 1. The largest absolute Gasteiger partial charge is 0.381 e. The number of ether oxygens (including phenoxy) is 1. The summed E-state index contributed by atoms with van der Waals surface area (Å²) < 4.78 is 18.2. The molecule has 0 spiro atoms. The number of likely N-dealkylation sites (N-methyl/N-ethyl adjacent to an activating group) is 1. The molecule has 1 amide bonds. The molecule has 0 radical (unpaired) electrons. The minimum Gasteiger partial charge on any atom is -0.381 e. The van der Waals surface area contributed by atoms with Crippen molar-refractivity contribution in [2.45, 2.75) is 25.9 Å². The zero-order chi connectivity index (χ0) is 15.2. The summed E-state index contributed by atoms with van der Waals surface area (Å²) in [6.45, 7) is 4.55. The molecule has 5 heteroatoms. The molecule has 116 valence electrons. The van der Waals surface area contributed by atoms with Crippen LogP contribution in [0, 0.1) is 11.7 Å². The average Bonchev–Trinajstić information content (AvgIpc) is 2.53. The first-order valence-electron chi connectivity index (χ1n) is 7.42. The molecule has 0 bridgehead atoms. The summed E-state index contributed by atoms with van der Waals surface area (Å²) in [5.74, 6) is -0.286. The maximum absolute atomic E-state index is 12.9. The number of hydrogen-bond acceptors (Lipinski definition) is 3. The summed E-state index contributed by atoms with van der Waals surface area (Å²) in [6.07, 6.45) is 0.651. The van der Waals surface area contributed by atoms with E-state index in [1.165, 1.54) is 24.3 Å². The Hall–Kier alpha value is -1.46. The van der Waals surface area contributed by atoms with E-state index in [1.54, 1.807) is 4.90 Å². The second kappa shape index (κ2) is 7.52. The molecule has 2 rings (SSSR count). The number of halogens is 1. The van der Waals surface area contributed by atoms with E-state index in [2.05, 4.69) is 0 Å². The van der Waals surface area contributed by atoms with E-state index in [1.807, 2.05) is 6.92 Å². The summed E-state index contributed by atoms with van der Waals surface area (Å²) in [4.78, 5) is 14.1. The van der Waals surface area contributed by atoms with Gasteiger partial charge >= 0.3 is 0 Å². The van der Waals surface area contributed by atoms with Gasteiger partial charge in [0.15, 0.2) is 6.10 Å². The molecule has 21 heavy (non-hydrogen) atoms. The normalized spacial score (nSPS) is 17.5. The lowest BCUT2D eigenvalue weighted by atomic mass is 9.99. The minimum atomic E-state index is -1.23. The molecule has 1 saturated heterocycles. The van der Waals surface area contributed by atoms with Gasteiger partial charge in [-0.1, -0.05) is 12.1 Å². The van der Waals surface area contributed by atoms with Crippen LogP contribution in [0.2, 0.25) is 0 Å². The standard InChI is InChI=1S/C16H22FNO3/c1-2-18(11-12-7-9-21-10-8-12)16(20)15(19)13-3-5-14(17)6-4-13/h3-6,12,15,19H,2,7-11H2,1H3/t15-/m1/s1. The topological polar surface area (TPSA) is 49.8 Å². The third-order valence-corrected chi connectivity index (χ3v) is 3.93. The molecule has 1 aliphatic rings. The van der Waals surface area contributed by atoms with E-state index in [4.69, 9.17) is 4.74 Å². The fourth-order valence-corrected chi connectivity index (χ4v) is 2.58. The Morgan fingerprint density at radius 1 is 1.38 bits per heavy atom. The van der Waals surface area contributed by atoms with Crippen molar-refractivity contribution in [1.29, 1.82) is 0 Å². The lowest BCUT2D eigenvalue weighted by molar-refractivity contribution is -0.141. The third kappa shape index (κ3) is 4.25. The Balaban J connectivity index is 1.99. The molecule has 0 aromatic heterocycles. The van der Waals surface area contributed by atoms with Gasteiger partial charge in [-0.2, -0.15) is 0 Å². The summed E-state index contributed by atoms with van der Waals surface area (Å²) in [5.41, 5.74) is 0.423. The Kier molecular flexibility index (Phi) is 5.70. The molecule has 0 unspecified atom stereocenters. The SMILES string of the molecule is CCN(CC1CCOCC1)C(=O)[C@H](O)c1ccc(F)cc1. The molecule has 1 N–H and O–H groups in total. The van der Waals surface area contributed by atoms with Crippen molar-refractivity contribution in [2.24, 2.45) is 5.92 Å². The molecule has 0 saturated carbocycles. The smallest absolute Gasteiger partial charge is 0.256 e. The van der Waals surface area contributed by atoms with Crippen LogP contribution in [0.15, 0.2) is 24.3 Å². The highest BCUT2D eigenvalue weighted by molar-refractivity contribution is 5.82. The number of amides is 1. The number of nitrogens with zero attached hydrogens (tertiary/aromatic N) is 1. The molecule has 1 aromatic carbocycles. The van der Waals surface area contributed by atoms with Crippen LogP contribution >= 0.6 is 0 Å². The predicted molar refractivity (Wildman–Crippen MR) is 77.2 cm³/mol. The highest BCUT2D eigenvalue weighted by Gasteiger charge is 2.25. The van der Waals surface area contributed by atoms with Crippen molar-refractivity contribution in [2.75, 3.05) is 26.3 Å². The average molecular weight is 295 g/mol. The van der Waals surface area contributed by atoms with Crippen LogP contribution in [0.25, 0.3) is 0 Å². The lowest BCUT2D eigenvalue weighted by Crippen LogP contribution is -2.39. The molecular formula is C16H22FNO3. The predicted octanol–water partition coefficient (Wildman–Crippen LogP) is 2.13. The van der Waals surface area contributed by atoms with Crippen LogP contribution in [0.1, 0.15) is 31.4 Å². The van der Waals surface area contributed by atoms with E-state index >= 15 is 0 Å². The molecular weight excluding hydrogens is 273 g/mol. The van der Waals surface area contributed by atoms with Crippen molar-refractivity contribution in [3.63, 3.8) is 0 Å². The molecule has 1 aliphatic heterocycles. The number of aliphatic hydroxyl groups is 1. The second-order valence-corrected chi connectivity index (χ2v) is 5.39. The van der Waals surface area contributed by atoms with Crippen LogP contribution in [0.3, 0.4) is 0 Å². The van der Waals surface area contributed by atoms with Gasteiger partial charge in [0.25, 0.3) is 5.91 Å². The number of carbonyl (C=O) groups is 1.